The Morgan fingerprint density at radius 3 is 2.35 bits per heavy atom. The molecule has 0 bridgehead atoms. The lowest BCUT2D eigenvalue weighted by molar-refractivity contribution is 0.0604. The first kappa shape index (κ1) is 27.8. The number of hydrogen-bond donors (Lipinski definition) is 1. The van der Waals surface area contributed by atoms with Gasteiger partial charge in [-0.2, -0.15) is 5.26 Å². The molecule has 1 fully saturated rings. The van der Waals surface area contributed by atoms with Crippen molar-refractivity contribution in [2.24, 2.45) is 0 Å². The number of nitrogens with zero attached hydrogens (tertiary/aromatic N) is 2. The van der Waals surface area contributed by atoms with Gasteiger partial charge in [0.15, 0.2) is 0 Å². The molecule has 1 aliphatic rings. The zero-order valence-corrected chi connectivity index (χ0v) is 23.6. The minimum absolute atomic E-state index is 0.0281. The van der Waals surface area contributed by atoms with Crippen LogP contribution in [0.5, 0.6) is 5.75 Å². The summed E-state index contributed by atoms with van der Waals surface area (Å²) < 4.78 is 35.2. The number of nitrogens with one attached hydrogen (secondary N) is 1. The van der Waals surface area contributed by atoms with Gasteiger partial charge in [0.05, 0.1) is 28.3 Å². The third-order valence-corrected chi connectivity index (χ3v) is 9.24. The number of ether oxygens (including phenoxy) is 1. The predicted octanol–water partition coefficient (Wildman–Crippen LogP) is 7.21. The molecular formula is C32H31F2N3O2S. The fraction of sp³-hybridized carbons (Fsp3) is 0.312. The Kier molecular flexibility index (Phi) is 8.15. The Labute approximate surface area is 237 Å². The number of halogens is 2. The number of rotatable bonds is 7. The fourth-order valence-corrected chi connectivity index (χ4v) is 6.84. The highest BCUT2D eigenvalue weighted by Gasteiger charge is 2.32. The van der Waals surface area contributed by atoms with Crippen LogP contribution in [0.2, 0.25) is 0 Å². The Morgan fingerprint density at radius 1 is 1.05 bits per heavy atom. The second-order valence-corrected chi connectivity index (χ2v) is 11.3. The number of benzene rings is 3. The molecule has 1 amide bonds. The van der Waals surface area contributed by atoms with Crippen molar-refractivity contribution in [1.82, 2.24) is 10.2 Å². The molecule has 0 spiro atoms. The van der Waals surface area contributed by atoms with E-state index in [-0.39, 0.29) is 22.0 Å². The number of amides is 1. The lowest BCUT2D eigenvalue weighted by Gasteiger charge is -2.37. The summed E-state index contributed by atoms with van der Waals surface area (Å²) in [7, 11) is 3.56. The number of hydrogen-bond acceptors (Lipinski definition) is 5. The molecule has 5 rings (SSSR count). The van der Waals surface area contributed by atoms with Gasteiger partial charge in [-0.25, -0.2) is 8.78 Å². The molecule has 4 aromatic rings. The second kappa shape index (κ2) is 11.7. The molecule has 0 aliphatic heterocycles. The van der Waals surface area contributed by atoms with Gasteiger partial charge in [-0.05, 0) is 92.7 Å². The van der Waals surface area contributed by atoms with Gasteiger partial charge < -0.3 is 15.0 Å². The number of carbonyl (C=O) groups excluding carboxylic acids is 1. The van der Waals surface area contributed by atoms with E-state index in [2.05, 4.69) is 11.4 Å². The summed E-state index contributed by atoms with van der Waals surface area (Å²) in [6.45, 7) is 1.98. The maximum absolute atomic E-state index is 14.7. The van der Waals surface area contributed by atoms with Gasteiger partial charge in [0, 0.05) is 29.6 Å². The summed E-state index contributed by atoms with van der Waals surface area (Å²) in [4.78, 5) is 16.5. The maximum Gasteiger partial charge on any atom is 0.264 e. The van der Waals surface area contributed by atoms with Gasteiger partial charge >= 0.3 is 0 Å². The van der Waals surface area contributed by atoms with Crippen LogP contribution in [0.15, 0.2) is 54.6 Å². The molecule has 3 aromatic carbocycles. The van der Waals surface area contributed by atoms with E-state index in [0.29, 0.717) is 34.3 Å². The van der Waals surface area contributed by atoms with E-state index >= 15 is 0 Å². The number of carbonyl (C=O) groups is 1. The molecule has 1 aliphatic carbocycles. The van der Waals surface area contributed by atoms with E-state index in [1.54, 1.807) is 26.2 Å². The van der Waals surface area contributed by atoms with Gasteiger partial charge in [-0.3, -0.25) is 4.79 Å². The van der Waals surface area contributed by atoms with Crippen molar-refractivity contribution < 1.29 is 18.3 Å². The van der Waals surface area contributed by atoms with E-state index in [9.17, 15) is 13.6 Å². The Hall–Kier alpha value is -3.80. The molecule has 8 heteroatoms. The Balaban J connectivity index is 1.55. The van der Waals surface area contributed by atoms with Crippen molar-refractivity contribution >= 4 is 27.3 Å². The van der Waals surface area contributed by atoms with Crippen molar-refractivity contribution in [3.05, 3.63) is 87.8 Å². The largest absolute Gasteiger partial charge is 0.496 e. The summed E-state index contributed by atoms with van der Waals surface area (Å²) in [6, 6.07) is 17.9. The average Bonchev–Trinajstić information content (AvgIpc) is 3.35. The van der Waals surface area contributed by atoms with E-state index in [0.717, 1.165) is 65.8 Å². The highest BCUT2D eigenvalue weighted by atomic mass is 32.1. The third-order valence-electron chi connectivity index (χ3n) is 7.95. The molecule has 1 N–H and O–H groups in total. The van der Waals surface area contributed by atoms with Crippen LogP contribution in [0, 0.1) is 29.9 Å². The lowest BCUT2D eigenvalue weighted by Crippen LogP contribution is -2.44. The summed E-state index contributed by atoms with van der Waals surface area (Å²) in [5.74, 6) is -0.621. The Bertz CT molecular complexity index is 1580. The van der Waals surface area contributed by atoms with Crippen LogP contribution in [-0.2, 0) is 6.54 Å². The normalized spacial score (nSPS) is 17.0. The molecule has 5 nitrogen and oxygen atoms in total. The first-order valence-corrected chi connectivity index (χ1v) is 14.2. The molecule has 1 saturated carbocycles. The molecule has 0 saturated heterocycles. The van der Waals surface area contributed by atoms with Gasteiger partial charge in [0.25, 0.3) is 5.91 Å². The topological polar surface area (TPSA) is 65.4 Å². The summed E-state index contributed by atoms with van der Waals surface area (Å²) in [6.07, 6.45) is 3.51. The van der Waals surface area contributed by atoms with E-state index in [4.69, 9.17) is 10.00 Å². The zero-order valence-electron chi connectivity index (χ0n) is 22.8. The number of thiophene rings is 1. The highest BCUT2D eigenvalue weighted by molar-refractivity contribution is 7.21. The number of methoxy groups -OCH3 is 1. The molecule has 0 radical (unpaired) electrons. The average molecular weight is 560 g/mol. The van der Waals surface area contributed by atoms with E-state index < -0.39 is 11.6 Å². The standard InChI is InChI=1S/C32H31F2N3O2S/c1-19-29-26(33)13-14-27(34)31(29)40-30(19)32(38)37(25-11-9-24(36-2)10-12-25)18-23-16-22(8-15-28(23)39-3)21-6-4-20(17-35)5-7-21/h4-8,13-16,24-25,36H,9-12,18H2,1-3H3. The summed E-state index contributed by atoms with van der Waals surface area (Å²) in [5, 5.41) is 12.7. The van der Waals surface area contributed by atoms with Gasteiger partial charge in [0.2, 0.25) is 0 Å². The minimum Gasteiger partial charge on any atom is -0.496 e. The smallest absolute Gasteiger partial charge is 0.264 e. The SMILES string of the molecule is CNC1CCC(N(Cc2cc(-c3ccc(C#N)cc3)ccc2OC)C(=O)c2sc3c(F)ccc(F)c3c2C)CC1. The number of nitriles is 1. The van der Waals surface area contributed by atoms with Crippen LogP contribution < -0.4 is 10.1 Å². The van der Waals surface area contributed by atoms with Crippen LogP contribution in [0.25, 0.3) is 21.2 Å². The van der Waals surface area contributed by atoms with Crippen molar-refractivity contribution in [2.75, 3.05) is 14.2 Å². The van der Waals surface area contributed by atoms with Crippen LogP contribution >= 0.6 is 11.3 Å². The fourth-order valence-electron chi connectivity index (χ4n) is 5.65. The van der Waals surface area contributed by atoms with Crippen molar-refractivity contribution in [3.8, 4) is 22.9 Å². The first-order valence-electron chi connectivity index (χ1n) is 13.4. The minimum atomic E-state index is -0.526. The Morgan fingerprint density at radius 2 is 1.73 bits per heavy atom. The first-order chi connectivity index (χ1) is 19.3. The highest BCUT2D eigenvalue weighted by Crippen LogP contribution is 2.38. The van der Waals surface area contributed by atoms with Crippen molar-refractivity contribution in [3.63, 3.8) is 0 Å². The van der Waals surface area contributed by atoms with E-state index in [1.165, 1.54) is 0 Å². The molecule has 40 heavy (non-hydrogen) atoms. The van der Waals surface area contributed by atoms with Gasteiger partial charge in [0.1, 0.15) is 17.4 Å². The third kappa shape index (κ3) is 5.32. The van der Waals surface area contributed by atoms with Crippen molar-refractivity contribution in [2.45, 2.75) is 51.2 Å². The maximum atomic E-state index is 14.7. The summed E-state index contributed by atoms with van der Waals surface area (Å²) in [5.41, 5.74) is 3.77. The van der Waals surface area contributed by atoms with Gasteiger partial charge in [-0.15, -0.1) is 11.3 Å². The van der Waals surface area contributed by atoms with Crippen LogP contribution in [0.3, 0.4) is 0 Å². The molecular weight excluding hydrogens is 528 g/mol. The number of fused-ring (bicyclic) bond motifs is 1. The predicted molar refractivity (Wildman–Crippen MR) is 155 cm³/mol. The van der Waals surface area contributed by atoms with E-state index in [1.807, 2.05) is 42.3 Å². The molecule has 0 atom stereocenters. The zero-order chi connectivity index (χ0) is 28.4. The van der Waals surface area contributed by atoms with Crippen LogP contribution in [0.1, 0.15) is 52.0 Å². The molecule has 1 aromatic heterocycles. The quantitative estimate of drug-likeness (QED) is 0.260. The van der Waals surface area contributed by atoms with Crippen LogP contribution in [-0.4, -0.2) is 37.0 Å². The monoisotopic (exact) mass is 559 g/mol. The lowest BCUT2D eigenvalue weighted by atomic mass is 9.89. The van der Waals surface area contributed by atoms with Crippen molar-refractivity contribution in [1.29, 1.82) is 5.26 Å². The van der Waals surface area contributed by atoms with Gasteiger partial charge in [-0.1, -0.05) is 18.2 Å². The summed E-state index contributed by atoms with van der Waals surface area (Å²) >= 11 is 1.02. The van der Waals surface area contributed by atoms with Crippen LogP contribution in [0.4, 0.5) is 8.78 Å². The molecule has 0 unspecified atom stereocenters. The second-order valence-electron chi connectivity index (χ2n) is 10.2. The molecule has 206 valence electrons. The molecule has 1 heterocycles. The number of aryl methyl sites for hydroxylation is 1.